The highest BCUT2D eigenvalue weighted by Crippen LogP contribution is 2.57. The third kappa shape index (κ3) is 3.89. The lowest BCUT2D eigenvalue weighted by Gasteiger charge is -2.34. The zero-order chi connectivity index (χ0) is 23.4. The van der Waals surface area contributed by atoms with Gasteiger partial charge < -0.3 is 5.11 Å². The molecule has 6 nitrogen and oxygen atoms in total. The Balaban J connectivity index is 1.44. The molecule has 2 saturated carbocycles. The molecule has 2 bridgehead atoms. The van der Waals surface area contributed by atoms with Gasteiger partial charge in [-0.2, -0.15) is 0 Å². The van der Waals surface area contributed by atoms with E-state index >= 15 is 0 Å². The molecule has 7 heteroatoms. The van der Waals surface area contributed by atoms with Crippen molar-refractivity contribution < 1.29 is 19.5 Å². The lowest BCUT2D eigenvalue weighted by atomic mass is 9.72. The van der Waals surface area contributed by atoms with Gasteiger partial charge in [-0.3, -0.25) is 25.2 Å². The average molecular weight is 459 g/mol. The van der Waals surface area contributed by atoms with Gasteiger partial charge in [0.2, 0.25) is 5.91 Å². The fourth-order valence-electron chi connectivity index (χ4n) is 6.32. The van der Waals surface area contributed by atoms with Crippen molar-refractivity contribution in [1.82, 2.24) is 10.9 Å². The Kier molecular flexibility index (Phi) is 5.99. The number of carbonyl (C=O) groups excluding carboxylic acids is 2. The van der Waals surface area contributed by atoms with E-state index < -0.39 is 23.7 Å². The molecule has 2 fully saturated rings. The molecular weight excluding hydrogens is 424 g/mol. The summed E-state index contributed by atoms with van der Waals surface area (Å²) in [5.74, 6) is -2.53. The minimum absolute atomic E-state index is 0.0498. The zero-order valence-electron chi connectivity index (χ0n) is 19.6. The van der Waals surface area contributed by atoms with Crippen LogP contribution in [0, 0.1) is 35.0 Å². The number of rotatable bonds is 3. The quantitative estimate of drug-likeness (QED) is 0.463. The molecule has 2 amide bonds. The minimum Gasteiger partial charge on any atom is -0.481 e. The second kappa shape index (κ2) is 8.32. The van der Waals surface area contributed by atoms with Gasteiger partial charge in [0.1, 0.15) is 0 Å². The minimum atomic E-state index is -0.928. The summed E-state index contributed by atoms with van der Waals surface area (Å²) in [4.78, 5) is 39.1. The first-order valence-electron chi connectivity index (χ1n) is 11.6. The number of aliphatic carboxylic acids is 1. The monoisotopic (exact) mass is 458 g/mol. The number of hydrogen-bond donors (Lipinski definition) is 3. The largest absolute Gasteiger partial charge is 0.481 e. The van der Waals surface area contributed by atoms with E-state index in [1.807, 2.05) is 19.2 Å². The summed E-state index contributed by atoms with van der Waals surface area (Å²) >= 11 is 1.62. The van der Waals surface area contributed by atoms with Crippen LogP contribution in [-0.2, 0) is 22.4 Å². The number of carboxylic acids is 1. The van der Waals surface area contributed by atoms with Crippen LogP contribution in [0.5, 0.6) is 0 Å². The Bertz CT molecular complexity index is 983. The number of allylic oxidation sites excluding steroid dienone is 2. The maximum absolute atomic E-state index is 13.0. The molecule has 0 unspecified atom stereocenters. The number of carbonyl (C=O) groups is 3. The number of hydrogen-bond acceptors (Lipinski definition) is 4. The third-order valence-corrected chi connectivity index (χ3v) is 8.98. The van der Waals surface area contributed by atoms with Crippen LogP contribution < -0.4 is 10.9 Å². The number of nitrogens with one attached hydrogen (secondary N) is 2. The zero-order valence-corrected chi connectivity index (χ0v) is 20.4. The van der Waals surface area contributed by atoms with Crippen LogP contribution in [0.3, 0.4) is 0 Å². The van der Waals surface area contributed by atoms with Gasteiger partial charge in [-0.1, -0.05) is 31.9 Å². The number of hydrazine groups is 1. The first-order chi connectivity index (χ1) is 15.0. The van der Waals surface area contributed by atoms with Gasteiger partial charge in [0.15, 0.2) is 0 Å². The molecule has 0 aliphatic heterocycles. The molecule has 174 valence electrons. The van der Waals surface area contributed by atoms with Crippen LogP contribution >= 0.6 is 11.3 Å². The normalized spacial score (nSPS) is 28.9. The van der Waals surface area contributed by atoms with Crippen molar-refractivity contribution in [2.24, 2.45) is 35.0 Å². The summed E-state index contributed by atoms with van der Waals surface area (Å²) in [5, 5.41) is 11.7. The second-order valence-electron chi connectivity index (χ2n) is 10.9. The Hall–Kier alpha value is -2.15. The molecule has 1 aromatic heterocycles. The van der Waals surface area contributed by atoms with E-state index in [1.54, 1.807) is 11.3 Å². The number of fused-ring (bicyclic) bond motifs is 3. The molecule has 5 atom stereocenters. The maximum atomic E-state index is 13.0. The van der Waals surface area contributed by atoms with Gasteiger partial charge in [-0.15, -0.1) is 11.3 Å². The van der Waals surface area contributed by atoms with E-state index in [9.17, 15) is 19.5 Å². The summed E-state index contributed by atoms with van der Waals surface area (Å²) in [6.07, 6.45) is 4.55. The second-order valence-corrected chi connectivity index (χ2v) is 11.9. The fraction of sp³-hybridized carbons (Fsp3) is 0.640. The van der Waals surface area contributed by atoms with Crippen molar-refractivity contribution in [3.63, 3.8) is 0 Å². The Morgan fingerprint density at radius 3 is 2.28 bits per heavy atom. The van der Waals surface area contributed by atoms with E-state index in [1.165, 1.54) is 4.88 Å². The average Bonchev–Trinajstić information content (AvgIpc) is 3.41. The Morgan fingerprint density at radius 1 is 1.03 bits per heavy atom. The molecule has 3 aliphatic rings. The molecule has 0 spiro atoms. The van der Waals surface area contributed by atoms with Crippen LogP contribution in [0.4, 0.5) is 0 Å². The van der Waals surface area contributed by atoms with Crippen LogP contribution in [0.15, 0.2) is 16.5 Å². The highest BCUT2D eigenvalue weighted by atomic mass is 32.1. The predicted octanol–water partition coefficient (Wildman–Crippen LogP) is 4.35. The van der Waals surface area contributed by atoms with Crippen LogP contribution in [0.25, 0.3) is 0 Å². The summed E-state index contributed by atoms with van der Waals surface area (Å²) in [5.41, 5.74) is 9.34. The Morgan fingerprint density at radius 2 is 1.69 bits per heavy atom. The van der Waals surface area contributed by atoms with Crippen LogP contribution in [0.1, 0.15) is 74.7 Å². The van der Waals surface area contributed by atoms with Crippen molar-refractivity contribution in [2.75, 3.05) is 0 Å². The van der Waals surface area contributed by atoms with Gasteiger partial charge in [-0.05, 0) is 74.7 Å². The summed E-state index contributed by atoms with van der Waals surface area (Å²) in [6, 6.07) is 0. The van der Waals surface area contributed by atoms with E-state index in [0.29, 0.717) is 11.5 Å². The maximum Gasteiger partial charge on any atom is 0.307 e. The van der Waals surface area contributed by atoms with Crippen molar-refractivity contribution in [2.45, 2.75) is 66.7 Å². The molecule has 1 aromatic rings. The third-order valence-electron chi connectivity index (χ3n) is 7.93. The molecule has 1 heterocycles. The SMILES string of the molecule is CC(C)=C1[C@H]2CC[C@@H]1[C@@H](C(=O)O)[C@@H]2C(=O)NNC(=O)c1csc2c1CC[C@@H](C(C)(C)C)C2. The van der Waals surface area contributed by atoms with Gasteiger partial charge in [0, 0.05) is 10.3 Å². The van der Waals surface area contributed by atoms with E-state index in [0.717, 1.165) is 48.8 Å². The molecular formula is C25H34N2O4S. The highest BCUT2D eigenvalue weighted by molar-refractivity contribution is 7.10. The van der Waals surface area contributed by atoms with E-state index in [-0.39, 0.29) is 23.2 Å². The van der Waals surface area contributed by atoms with Crippen molar-refractivity contribution in [3.05, 3.63) is 32.5 Å². The molecule has 0 aromatic carbocycles. The van der Waals surface area contributed by atoms with E-state index in [2.05, 4.69) is 31.6 Å². The predicted molar refractivity (Wildman–Crippen MR) is 124 cm³/mol. The topological polar surface area (TPSA) is 95.5 Å². The number of carboxylic acid groups (broad SMARTS) is 1. The molecule has 3 aliphatic carbocycles. The molecule has 0 radical (unpaired) electrons. The van der Waals surface area contributed by atoms with Crippen molar-refractivity contribution >= 4 is 29.1 Å². The molecule has 0 saturated heterocycles. The molecule has 4 rings (SSSR count). The van der Waals surface area contributed by atoms with Crippen molar-refractivity contribution in [3.8, 4) is 0 Å². The Labute approximate surface area is 193 Å². The fourth-order valence-corrected chi connectivity index (χ4v) is 7.48. The highest BCUT2D eigenvalue weighted by Gasteiger charge is 2.57. The summed E-state index contributed by atoms with van der Waals surface area (Å²) < 4.78 is 0. The standard InChI is InChI=1S/C25H34N2O4S/c1-12(2)19-15-8-9-16(19)21(24(30)31)20(15)23(29)27-26-22(28)17-11-32-18-10-13(25(3,4)5)6-7-14(17)18/h11,13,15-16,20-21H,6-10H2,1-5H3,(H,26,28)(H,27,29)(H,30,31)/t13-,15-,16+,20-,21-/m1/s1. The lowest BCUT2D eigenvalue weighted by molar-refractivity contribution is -0.149. The lowest BCUT2D eigenvalue weighted by Crippen LogP contribution is -2.48. The van der Waals surface area contributed by atoms with Crippen LogP contribution in [-0.4, -0.2) is 22.9 Å². The van der Waals surface area contributed by atoms with Crippen LogP contribution in [0.2, 0.25) is 0 Å². The van der Waals surface area contributed by atoms with Gasteiger partial charge >= 0.3 is 5.97 Å². The summed E-state index contributed by atoms with van der Waals surface area (Å²) in [7, 11) is 0. The van der Waals surface area contributed by atoms with Gasteiger partial charge in [0.05, 0.1) is 17.4 Å². The first-order valence-corrected chi connectivity index (χ1v) is 12.5. The van der Waals surface area contributed by atoms with Crippen molar-refractivity contribution in [1.29, 1.82) is 0 Å². The number of amides is 2. The first kappa shape index (κ1) is 23.0. The molecule has 32 heavy (non-hydrogen) atoms. The van der Waals surface area contributed by atoms with Gasteiger partial charge in [-0.25, -0.2) is 0 Å². The molecule has 3 N–H and O–H groups in total. The number of thiophene rings is 1. The summed E-state index contributed by atoms with van der Waals surface area (Å²) in [6.45, 7) is 10.8. The smallest absolute Gasteiger partial charge is 0.307 e. The van der Waals surface area contributed by atoms with E-state index in [4.69, 9.17) is 0 Å². The van der Waals surface area contributed by atoms with Gasteiger partial charge in [0.25, 0.3) is 5.91 Å².